The molecule has 1 aromatic carbocycles. The maximum absolute atomic E-state index is 13.7. The van der Waals surface area contributed by atoms with Crippen molar-refractivity contribution in [2.45, 2.75) is 11.3 Å². The normalized spacial score (nSPS) is 11.5. The highest BCUT2D eigenvalue weighted by Crippen LogP contribution is 2.27. The number of nitrogens with one attached hydrogen (secondary N) is 1. The fourth-order valence-electron chi connectivity index (χ4n) is 1.48. The standard InChI is InChI=1S/C10H14FN3O4S2/c1-19-4-2-3-13-20(17,18)10-8(11)5-7(14(15)16)6-9(10)12/h5-6,13H,2-4,12H2,1H3. The van der Waals surface area contributed by atoms with Crippen molar-refractivity contribution in [2.75, 3.05) is 24.3 Å². The predicted molar refractivity (Wildman–Crippen MR) is 75.7 cm³/mol. The van der Waals surface area contributed by atoms with Gasteiger partial charge in [0.2, 0.25) is 10.0 Å². The van der Waals surface area contributed by atoms with E-state index in [4.69, 9.17) is 5.73 Å². The first kappa shape index (κ1) is 16.7. The van der Waals surface area contributed by atoms with Crippen molar-refractivity contribution in [3.63, 3.8) is 0 Å². The van der Waals surface area contributed by atoms with Crippen LogP contribution in [0.3, 0.4) is 0 Å². The van der Waals surface area contributed by atoms with E-state index in [0.29, 0.717) is 12.5 Å². The van der Waals surface area contributed by atoms with Gasteiger partial charge in [-0.05, 0) is 18.4 Å². The third kappa shape index (κ3) is 4.05. The quantitative estimate of drug-likeness (QED) is 0.339. The Kier molecular flexibility index (Phi) is 5.72. The van der Waals surface area contributed by atoms with Crippen molar-refractivity contribution in [3.05, 3.63) is 28.1 Å². The van der Waals surface area contributed by atoms with Crippen LogP contribution in [-0.4, -0.2) is 31.9 Å². The first-order chi connectivity index (χ1) is 9.29. The lowest BCUT2D eigenvalue weighted by atomic mass is 10.3. The summed E-state index contributed by atoms with van der Waals surface area (Å²) in [7, 11) is -4.13. The smallest absolute Gasteiger partial charge is 0.274 e. The Labute approximate surface area is 119 Å². The van der Waals surface area contributed by atoms with E-state index in [9.17, 15) is 22.9 Å². The van der Waals surface area contributed by atoms with Crippen molar-refractivity contribution >= 4 is 33.2 Å². The predicted octanol–water partition coefficient (Wildman–Crippen LogP) is 1.35. The highest BCUT2D eigenvalue weighted by atomic mass is 32.2. The zero-order valence-corrected chi connectivity index (χ0v) is 12.3. The van der Waals surface area contributed by atoms with Gasteiger partial charge in [0, 0.05) is 12.6 Å². The molecule has 0 aliphatic rings. The van der Waals surface area contributed by atoms with Crippen LogP contribution in [0.4, 0.5) is 15.8 Å². The highest BCUT2D eigenvalue weighted by Gasteiger charge is 2.25. The molecule has 0 fully saturated rings. The first-order valence-corrected chi connectivity index (χ1v) is 8.39. The molecule has 7 nitrogen and oxygen atoms in total. The maximum atomic E-state index is 13.7. The van der Waals surface area contributed by atoms with E-state index in [2.05, 4.69) is 4.72 Å². The molecule has 0 atom stereocenters. The zero-order valence-electron chi connectivity index (χ0n) is 10.6. The molecule has 0 spiro atoms. The third-order valence-electron chi connectivity index (χ3n) is 2.35. The number of hydrogen-bond acceptors (Lipinski definition) is 6. The van der Waals surface area contributed by atoms with Gasteiger partial charge in [0.25, 0.3) is 5.69 Å². The molecule has 112 valence electrons. The minimum absolute atomic E-state index is 0.138. The van der Waals surface area contributed by atoms with Crippen molar-refractivity contribution in [2.24, 2.45) is 0 Å². The molecule has 1 aromatic rings. The molecule has 20 heavy (non-hydrogen) atoms. The molecule has 0 amide bonds. The molecule has 0 aromatic heterocycles. The summed E-state index contributed by atoms with van der Waals surface area (Å²) in [6.07, 6.45) is 2.46. The number of nitrogens with zero attached hydrogens (tertiary/aromatic N) is 1. The number of non-ortho nitro benzene ring substituents is 1. The van der Waals surface area contributed by atoms with Gasteiger partial charge >= 0.3 is 0 Å². The number of halogens is 1. The number of nitrogen functional groups attached to an aromatic ring is 1. The van der Waals surface area contributed by atoms with Crippen LogP contribution in [0.2, 0.25) is 0 Å². The Hall–Kier alpha value is -1.39. The molecule has 0 saturated carbocycles. The van der Waals surface area contributed by atoms with Crippen LogP contribution in [0.5, 0.6) is 0 Å². The van der Waals surface area contributed by atoms with Crippen LogP contribution in [0.1, 0.15) is 6.42 Å². The number of nitro benzene ring substituents is 1. The Morgan fingerprint density at radius 3 is 2.65 bits per heavy atom. The van der Waals surface area contributed by atoms with Crippen molar-refractivity contribution in [1.82, 2.24) is 4.72 Å². The number of hydrogen-bond donors (Lipinski definition) is 2. The second-order valence-corrected chi connectivity index (χ2v) is 6.54. The third-order valence-corrected chi connectivity index (χ3v) is 4.60. The summed E-state index contributed by atoms with van der Waals surface area (Å²) in [5.41, 5.74) is 4.32. The van der Waals surface area contributed by atoms with Gasteiger partial charge in [0.15, 0.2) is 5.82 Å². The molecule has 0 bridgehead atoms. The molecular formula is C10H14FN3O4S2. The summed E-state index contributed by atoms with van der Waals surface area (Å²) in [6.45, 7) is 0.138. The first-order valence-electron chi connectivity index (χ1n) is 5.51. The molecular weight excluding hydrogens is 309 g/mol. The number of sulfonamides is 1. The van der Waals surface area contributed by atoms with E-state index in [-0.39, 0.29) is 6.54 Å². The van der Waals surface area contributed by atoms with Crippen LogP contribution in [0, 0.1) is 15.9 Å². The molecule has 0 unspecified atom stereocenters. The Morgan fingerprint density at radius 1 is 1.50 bits per heavy atom. The van der Waals surface area contributed by atoms with Gasteiger partial charge in [-0.25, -0.2) is 17.5 Å². The number of rotatable bonds is 7. The molecule has 0 saturated heterocycles. The summed E-state index contributed by atoms with van der Waals surface area (Å²) in [5, 5.41) is 10.5. The Balaban J connectivity index is 3.03. The largest absolute Gasteiger partial charge is 0.397 e. The lowest BCUT2D eigenvalue weighted by Crippen LogP contribution is -2.27. The van der Waals surface area contributed by atoms with Crippen LogP contribution in [0.25, 0.3) is 0 Å². The van der Waals surface area contributed by atoms with Gasteiger partial charge in [-0.15, -0.1) is 0 Å². The fourth-order valence-corrected chi connectivity index (χ4v) is 3.16. The van der Waals surface area contributed by atoms with E-state index in [1.165, 1.54) is 0 Å². The average Bonchev–Trinajstić information content (AvgIpc) is 2.33. The average molecular weight is 323 g/mol. The molecule has 10 heteroatoms. The number of anilines is 1. The number of nitro groups is 1. The van der Waals surface area contributed by atoms with E-state index < -0.39 is 37.0 Å². The van der Waals surface area contributed by atoms with Gasteiger partial charge in [-0.3, -0.25) is 10.1 Å². The zero-order chi connectivity index (χ0) is 15.3. The second kappa shape index (κ2) is 6.86. The molecule has 3 N–H and O–H groups in total. The number of nitrogens with two attached hydrogens (primary N) is 1. The minimum atomic E-state index is -4.13. The van der Waals surface area contributed by atoms with E-state index >= 15 is 0 Å². The Morgan fingerprint density at radius 2 is 2.15 bits per heavy atom. The van der Waals surface area contributed by atoms with Crippen LogP contribution in [-0.2, 0) is 10.0 Å². The van der Waals surface area contributed by atoms with Crippen molar-refractivity contribution < 1.29 is 17.7 Å². The van der Waals surface area contributed by atoms with Crippen molar-refractivity contribution in [1.29, 1.82) is 0 Å². The topological polar surface area (TPSA) is 115 Å². The lowest BCUT2D eigenvalue weighted by Gasteiger charge is -2.09. The molecule has 0 radical (unpaired) electrons. The molecule has 0 aliphatic carbocycles. The monoisotopic (exact) mass is 323 g/mol. The molecule has 1 rings (SSSR count). The summed E-state index contributed by atoms with van der Waals surface area (Å²) < 4.78 is 39.8. The van der Waals surface area contributed by atoms with Gasteiger partial charge in [0.05, 0.1) is 16.7 Å². The van der Waals surface area contributed by atoms with Gasteiger partial charge in [-0.2, -0.15) is 11.8 Å². The summed E-state index contributed by atoms with van der Waals surface area (Å²) in [6, 6.07) is 1.35. The number of thioether (sulfide) groups is 1. The lowest BCUT2D eigenvalue weighted by molar-refractivity contribution is -0.385. The van der Waals surface area contributed by atoms with Gasteiger partial charge < -0.3 is 5.73 Å². The van der Waals surface area contributed by atoms with Gasteiger partial charge in [0.1, 0.15) is 4.90 Å². The van der Waals surface area contributed by atoms with Crippen LogP contribution in [0.15, 0.2) is 17.0 Å². The number of benzene rings is 1. The SMILES string of the molecule is CSCCCNS(=O)(=O)c1c(N)cc([N+](=O)[O-])cc1F. The van der Waals surface area contributed by atoms with E-state index in [1.807, 2.05) is 6.26 Å². The van der Waals surface area contributed by atoms with Gasteiger partial charge in [-0.1, -0.05) is 0 Å². The fraction of sp³-hybridized carbons (Fsp3) is 0.400. The Bertz CT molecular complexity index is 584. The van der Waals surface area contributed by atoms with E-state index in [1.54, 1.807) is 11.8 Å². The molecule has 0 aliphatic heterocycles. The summed E-state index contributed by atoms with van der Waals surface area (Å²) in [5.74, 6) is -0.491. The van der Waals surface area contributed by atoms with Crippen LogP contribution >= 0.6 is 11.8 Å². The minimum Gasteiger partial charge on any atom is -0.397 e. The van der Waals surface area contributed by atoms with Crippen LogP contribution < -0.4 is 10.5 Å². The molecule has 0 heterocycles. The van der Waals surface area contributed by atoms with Crippen molar-refractivity contribution in [3.8, 4) is 0 Å². The summed E-state index contributed by atoms with van der Waals surface area (Å²) in [4.78, 5) is 8.92. The second-order valence-electron chi connectivity index (χ2n) is 3.85. The van der Waals surface area contributed by atoms with E-state index in [0.717, 1.165) is 11.8 Å². The highest BCUT2D eigenvalue weighted by molar-refractivity contribution is 7.98. The maximum Gasteiger partial charge on any atom is 0.274 e. The summed E-state index contributed by atoms with van der Waals surface area (Å²) >= 11 is 1.55.